The predicted molar refractivity (Wildman–Crippen MR) is 85.5 cm³/mol. The fourth-order valence-corrected chi connectivity index (χ4v) is 4.30. The maximum absolute atomic E-state index is 12.2. The Balaban J connectivity index is 1.75. The molecule has 0 radical (unpaired) electrons. The van der Waals surface area contributed by atoms with Gasteiger partial charge >= 0.3 is 0 Å². The van der Waals surface area contributed by atoms with E-state index >= 15 is 0 Å². The van der Waals surface area contributed by atoms with Crippen molar-refractivity contribution in [2.24, 2.45) is 11.8 Å². The Morgan fingerprint density at radius 1 is 1.43 bits per heavy atom. The van der Waals surface area contributed by atoms with Crippen molar-refractivity contribution in [3.8, 4) is 0 Å². The third-order valence-electron chi connectivity index (χ3n) is 3.88. The van der Waals surface area contributed by atoms with Gasteiger partial charge in [0.2, 0.25) is 5.91 Å². The molecule has 0 bridgehead atoms. The third kappa shape index (κ3) is 4.66. The van der Waals surface area contributed by atoms with Crippen LogP contribution >= 0.6 is 23.1 Å². The van der Waals surface area contributed by atoms with Gasteiger partial charge in [-0.25, -0.2) is 0 Å². The second-order valence-corrected chi connectivity index (χ2v) is 8.23. The van der Waals surface area contributed by atoms with Crippen LogP contribution < -0.4 is 0 Å². The molecule has 1 aromatic rings. The highest BCUT2D eigenvalue weighted by molar-refractivity contribution is 8.01. The number of piperidine rings is 1. The van der Waals surface area contributed by atoms with Crippen LogP contribution in [0.25, 0.3) is 0 Å². The van der Waals surface area contributed by atoms with Gasteiger partial charge in [-0.2, -0.15) is 0 Å². The molecule has 1 aromatic heterocycles. The van der Waals surface area contributed by atoms with E-state index in [-0.39, 0.29) is 17.9 Å². The molecule has 0 saturated carbocycles. The van der Waals surface area contributed by atoms with Crippen molar-refractivity contribution in [1.29, 1.82) is 0 Å². The van der Waals surface area contributed by atoms with Crippen LogP contribution in [0.3, 0.4) is 0 Å². The number of likely N-dealkylation sites (tertiary alicyclic amines) is 1. The van der Waals surface area contributed by atoms with E-state index in [2.05, 4.69) is 10.2 Å². The summed E-state index contributed by atoms with van der Waals surface area (Å²) in [4.78, 5) is 14.1. The summed E-state index contributed by atoms with van der Waals surface area (Å²) in [7, 11) is 0. The van der Waals surface area contributed by atoms with Crippen LogP contribution in [0.5, 0.6) is 0 Å². The van der Waals surface area contributed by atoms with Crippen molar-refractivity contribution < 1.29 is 9.90 Å². The first kappa shape index (κ1) is 16.7. The molecule has 21 heavy (non-hydrogen) atoms. The van der Waals surface area contributed by atoms with Gasteiger partial charge in [0.1, 0.15) is 5.01 Å². The number of thioether (sulfide) groups is 1. The van der Waals surface area contributed by atoms with Crippen LogP contribution in [0.15, 0.2) is 4.34 Å². The minimum atomic E-state index is -0.249. The maximum Gasteiger partial charge on any atom is 0.233 e. The quantitative estimate of drug-likeness (QED) is 0.839. The van der Waals surface area contributed by atoms with E-state index in [1.807, 2.05) is 25.7 Å². The van der Waals surface area contributed by atoms with Gasteiger partial charge in [0.05, 0.1) is 11.9 Å². The lowest BCUT2D eigenvalue weighted by molar-refractivity contribution is -0.130. The first-order chi connectivity index (χ1) is 9.97. The van der Waals surface area contributed by atoms with E-state index in [0.29, 0.717) is 11.7 Å². The van der Waals surface area contributed by atoms with E-state index in [1.54, 1.807) is 0 Å². The smallest absolute Gasteiger partial charge is 0.233 e. The fourth-order valence-electron chi connectivity index (χ4n) is 2.59. The Hall–Kier alpha value is -0.660. The largest absolute Gasteiger partial charge is 0.393 e. The monoisotopic (exact) mass is 329 g/mol. The Morgan fingerprint density at radius 2 is 2.10 bits per heavy atom. The maximum atomic E-state index is 12.2. The molecular formula is C14H23N3O2S2. The second-order valence-electron chi connectivity index (χ2n) is 5.83. The molecule has 1 atom stereocenters. The molecule has 2 heterocycles. The topological polar surface area (TPSA) is 66.3 Å². The molecule has 5 nitrogen and oxygen atoms in total. The van der Waals surface area contributed by atoms with Crippen molar-refractivity contribution in [1.82, 2.24) is 15.1 Å². The van der Waals surface area contributed by atoms with Gasteiger partial charge in [-0.1, -0.05) is 36.9 Å². The second kappa shape index (κ2) is 7.56. The molecule has 1 fully saturated rings. The van der Waals surface area contributed by atoms with Crippen molar-refractivity contribution in [3.05, 3.63) is 5.01 Å². The van der Waals surface area contributed by atoms with Crippen LogP contribution in [0.4, 0.5) is 0 Å². The number of rotatable bonds is 5. The molecular weight excluding hydrogens is 306 g/mol. The summed E-state index contributed by atoms with van der Waals surface area (Å²) in [6.07, 6.45) is 1.54. The molecule has 1 aliphatic heterocycles. The molecule has 1 amide bonds. The van der Waals surface area contributed by atoms with Gasteiger partial charge in [-0.05, 0) is 31.6 Å². The fraction of sp³-hybridized carbons (Fsp3) is 0.786. The average Bonchev–Trinajstić information content (AvgIpc) is 2.89. The summed E-state index contributed by atoms with van der Waals surface area (Å²) >= 11 is 2.98. The molecule has 1 saturated heterocycles. The molecule has 0 aromatic carbocycles. The molecule has 0 spiro atoms. The zero-order chi connectivity index (χ0) is 15.4. The highest BCUT2D eigenvalue weighted by Crippen LogP contribution is 2.26. The summed E-state index contributed by atoms with van der Waals surface area (Å²) < 4.78 is 0.853. The van der Waals surface area contributed by atoms with Gasteiger partial charge in [-0.3, -0.25) is 4.79 Å². The number of aliphatic hydroxyl groups excluding tert-OH is 1. The van der Waals surface area contributed by atoms with Crippen LogP contribution in [0.1, 0.15) is 31.7 Å². The van der Waals surface area contributed by atoms with Gasteiger partial charge in [0.25, 0.3) is 0 Å². The summed E-state index contributed by atoms with van der Waals surface area (Å²) in [5.41, 5.74) is 0. The number of carbonyl (C=O) groups is 1. The zero-order valence-corrected chi connectivity index (χ0v) is 14.4. The highest BCUT2D eigenvalue weighted by Gasteiger charge is 2.28. The van der Waals surface area contributed by atoms with Gasteiger partial charge in [0.15, 0.2) is 4.34 Å². The van der Waals surface area contributed by atoms with E-state index in [1.165, 1.54) is 23.1 Å². The molecule has 1 N–H and O–H groups in total. The highest BCUT2D eigenvalue weighted by atomic mass is 32.2. The number of aliphatic hydroxyl groups is 1. The standard InChI is InChI=1S/C14H23N3O2S2/c1-9(2)13(19)11-4-6-17(7-5-11)12(18)8-20-14-16-15-10(3)21-14/h9,11,13,19H,4-8H2,1-3H3/t13-/m0/s1. The summed E-state index contributed by atoms with van der Waals surface area (Å²) in [5.74, 6) is 1.19. The van der Waals surface area contributed by atoms with Crippen LogP contribution in [-0.4, -0.2) is 51.1 Å². The van der Waals surface area contributed by atoms with Gasteiger partial charge in [-0.15, -0.1) is 10.2 Å². The lowest BCUT2D eigenvalue weighted by atomic mass is 9.86. The number of aryl methyl sites for hydroxylation is 1. The molecule has 118 valence electrons. The number of hydrogen-bond acceptors (Lipinski definition) is 6. The predicted octanol–water partition coefficient (Wildman–Crippen LogP) is 2.19. The van der Waals surface area contributed by atoms with Crippen LogP contribution in [0.2, 0.25) is 0 Å². The lowest BCUT2D eigenvalue weighted by Gasteiger charge is -2.35. The Bertz CT molecular complexity index is 471. The molecule has 7 heteroatoms. The zero-order valence-electron chi connectivity index (χ0n) is 12.8. The minimum absolute atomic E-state index is 0.158. The summed E-state index contributed by atoms with van der Waals surface area (Å²) in [5, 5.41) is 19.0. The van der Waals surface area contributed by atoms with Crippen LogP contribution in [0, 0.1) is 18.8 Å². The number of hydrogen-bond donors (Lipinski definition) is 1. The SMILES string of the molecule is Cc1nnc(SCC(=O)N2CCC([C@@H](O)C(C)C)CC2)s1. The normalized spacial score (nSPS) is 18.2. The minimum Gasteiger partial charge on any atom is -0.393 e. The number of aromatic nitrogens is 2. The molecule has 0 aliphatic carbocycles. The van der Waals surface area contributed by atoms with Crippen molar-refractivity contribution in [2.75, 3.05) is 18.8 Å². The number of carbonyl (C=O) groups excluding carboxylic acids is 1. The number of amides is 1. The van der Waals surface area contributed by atoms with E-state index < -0.39 is 0 Å². The van der Waals surface area contributed by atoms with E-state index in [0.717, 1.165) is 35.3 Å². The van der Waals surface area contributed by atoms with E-state index in [9.17, 15) is 9.90 Å². The lowest BCUT2D eigenvalue weighted by Crippen LogP contribution is -2.43. The Labute approximate surface area is 134 Å². The van der Waals surface area contributed by atoms with Crippen LogP contribution in [-0.2, 0) is 4.79 Å². The Morgan fingerprint density at radius 3 is 2.62 bits per heavy atom. The van der Waals surface area contributed by atoms with Crippen molar-refractivity contribution in [2.45, 2.75) is 44.1 Å². The Kier molecular flexibility index (Phi) is 6.01. The summed E-state index contributed by atoms with van der Waals surface area (Å²) in [6.45, 7) is 7.51. The first-order valence-corrected chi connectivity index (χ1v) is 9.16. The third-order valence-corrected chi connectivity index (χ3v) is 5.84. The number of nitrogens with zero attached hydrogens (tertiary/aromatic N) is 3. The molecule has 0 unspecified atom stereocenters. The average molecular weight is 329 g/mol. The van der Waals surface area contributed by atoms with Crippen molar-refractivity contribution in [3.63, 3.8) is 0 Å². The van der Waals surface area contributed by atoms with Gasteiger partial charge in [0, 0.05) is 13.1 Å². The first-order valence-electron chi connectivity index (χ1n) is 7.36. The van der Waals surface area contributed by atoms with Gasteiger partial charge < -0.3 is 10.0 Å². The van der Waals surface area contributed by atoms with Crippen molar-refractivity contribution >= 4 is 29.0 Å². The molecule has 1 aliphatic rings. The molecule has 2 rings (SSSR count). The van der Waals surface area contributed by atoms with E-state index in [4.69, 9.17) is 0 Å². The summed E-state index contributed by atoms with van der Waals surface area (Å²) in [6, 6.07) is 0.